The number of phosphoric ester groups is 1. The Labute approximate surface area is 576 Å². The Hall–Kier alpha value is -1.28. The van der Waals surface area contributed by atoms with Gasteiger partial charge in [0.2, 0.25) is 5.91 Å². The Morgan fingerprint density at radius 2 is 0.598 bits per heavy atom. The zero-order chi connectivity index (χ0) is 66.9. The molecule has 0 aliphatic rings. The fraction of sp³-hybridized carbons (Fsp3) is 0.916. The molecule has 0 rings (SSSR count). The Bertz CT molecular complexity index is 1600. The number of allylic oxidation sites excluding steroid dienone is 5. The van der Waals surface area contributed by atoms with Crippen molar-refractivity contribution in [1.82, 2.24) is 5.32 Å². The molecule has 0 aliphatic heterocycles. The van der Waals surface area contributed by atoms with Crippen LogP contribution in [0.1, 0.15) is 438 Å². The average molecular weight is 1320 g/mol. The zero-order valence-electron chi connectivity index (χ0n) is 62.8. The van der Waals surface area contributed by atoms with E-state index < -0.39 is 20.0 Å². The van der Waals surface area contributed by atoms with Gasteiger partial charge >= 0.3 is 7.82 Å². The van der Waals surface area contributed by atoms with Crippen molar-refractivity contribution in [2.24, 2.45) is 0 Å². The number of phosphoric acid groups is 1. The molecule has 0 heterocycles. The van der Waals surface area contributed by atoms with Crippen molar-refractivity contribution in [3.8, 4) is 0 Å². The third-order valence-corrected chi connectivity index (χ3v) is 20.3. The summed E-state index contributed by atoms with van der Waals surface area (Å²) in [6.07, 6.45) is 101. The first-order valence-electron chi connectivity index (χ1n) is 41.4. The molecule has 3 N–H and O–H groups in total. The molecule has 0 aromatic heterocycles. The molecule has 0 radical (unpaired) electrons. The predicted octanol–water partition coefficient (Wildman–Crippen LogP) is 27.1. The van der Waals surface area contributed by atoms with Crippen molar-refractivity contribution < 1.29 is 32.9 Å². The standard InChI is InChI=1S/C83H163N2O6P/c1-6-8-10-12-14-16-18-20-22-24-26-28-30-32-34-36-38-39-40-41-42-43-44-45-46-47-49-51-53-55-57-59-61-63-65-67-69-71-73-75-77-83(87)84-81(80-91-92(88,89)90-79-78-85(3,4)5)82(86)76-74-72-70-68-66-64-62-60-58-56-54-52-50-48-37-35-33-31-29-27-25-23-21-19-17-15-13-11-9-7-2/h58,60,66,68,74,76,81-82,86H,6-57,59,61-65,67,69-73,75,77-80H2,1-5H3,(H-,84,87,88,89)/p+1/b60-58+,68-66+,76-74+. The van der Waals surface area contributed by atoms with Crippen molar-refractivity contribution in [3.05, 3.63) is 36.5 Å². The maximum absolute atomic E-state index is 13.1. The molecule has 1 amide bonds. The number of hydrogen-bond acceptors (Lipinski definition) is 5. The molecule has 92 heavy (non-hydrogen) atoms. The highest BCUT2D eigenvalue weighted by atomic mass is 31.2. The first kappa shape index (κ1) is 90.7. The van der Waals surface area contributed by atoms with Gasteiger partial charge in [-0.05, 0) is 44.9 Å². The lowest BCUT2D eigenvalue weighted by Crippen LogP contribution is -2.45. The summed E-state index contributed by atoms with van der Waals surface area (Å²) < 4.78 is 23.9. The third kappa shape index (κ3) is 76.1. The Balaban J connectivity index is 3.94. The van der Waals surface area contributed by atoms with E-state index in [0.717, 1.165) is 44.9 Å². The second-order valence-electron chi connectivity index (χ2n) is 29.8. The quantitative estimate of drug-likeness (QED) is 0.0243. The van der Waals surface area contributed by atoms with E-state index in [1.807, 2.05) is 27.2 Å². The fourth-order valence-corrected chi connectivity index (χ4v) is 13.7. The summed E-state index contributed by atoms with van der Waals surface area (Å²) in [7, 11) is 1.57. The number of aliphatic hydroxyl groups excluding tert-OH is 1. The number of unbranched alkanes of at least 4 members (excludes halogenated alkanes) is 61. The second kappa shape index (κ2) is 74.0. The van der Waals surface area contributed by atoms with Gasteiger partial charge < -0.3 is 19.8 Å². The minimum atomic E-state index is -4.37. The first-order valence-corrected chi connectivity index (χ1v) is 42.9. The number of amides is 1. The van der Waals surface area contributed by atoms with Crippen LogP contribution in [0, 0.1) is 0 Å². The molecule has 0 aromatic rings. The van der Waals surface area contributed by atoms with Gasteiger partial charge in [-0.15, -0.1) is 0 Å². The molecule has 0 spiro atoms. The van der Waals surface area contributed by atoms with Crippen LogP contribution in [-0.2, 0) is 18.4 Å². The number of quaternary nitrogens is 1. The van der Waals surface area contributed by atoms with Crippen LogP contribution in [0.15, 0.2) is 36.5 Å². The van der Waals surface area contributed by atoms with E-state index in [0.29, 0.717) is 17.4 Å². The molecule has 3 unspecified atom stereocenters. The van der Waals surface area contributed by atoms with Gasteiger partial charge in [0.1, 0.15) is 13.2 Å². The lowest BCUT2D eigenvalue weighted by atomic mass is 10.0. The van der Waals surface area contributed by atoms with Gasteiger partial charge in [0.25, 0.3) is 0 Å². The van der Waals surface area contributed by atoms with Gasteiger partial charge in [0.05, 0.1) is 39.9 Å². The summed E-state index contributed by atoms with van der Waals surface area (Å²) in [4.78, 5) is 23.5. The molecule has 0 saturated carbocycles. The molecule has 0 aliphatic carbocycles. The first-order chi connectivity index (χ1) is 45.0. The largest absolute Gasteiger partial charge is 0.472 e. The van der Waals surface area contributed by atoms with Crippen molar-refractivity contribution in [1.29, 1.82) is 0 Å². The zero-order valence-corrected chi connectivity index (χ0v) is 63.7. The molecule has 3 atom stereocenters. The van der Waals surface area contributed by atoms with Gasteiger partial charge in [0, 0.05) is 6.42 Å². The highest BCUT2D eigenvalue weighted by molar-refractivity contribution is 7.47. The molecule has 0 aromatic carbocycles. The molecular formula is C83H164N2O6P+. The van der Waals surface area contributed by atoms with Crippen LogP contribution < -0.4 is 5.32 Å². The number of likely N-dealkylation sites (N-methyl/N-ethyl adjacent to an activating group) is 1. The van der Waals surface area contributed by atoms with Crippen molar-refractivity contribution in [2.45, 2.75) is 450 Å². The normalized spacial score (nSPS) is 13.6. The minimum Gasteiger partial charge on any atom is -0.387 e. The lowest BCUT2D eigenvalue weighted by molar-refractivity contribution is -0.870. The average Bonchev–Trinajstić information content (AvgIpc) is 3.24. The maximum Gasteiger partial charge on any atom is 0.472 e. The van der Waals surface area contributed by atoms with Crippen LogP contribution in [0.5, 0.6) is 0 Å². The maximum atomic E-state index is 13.1. The van der Waals surface area contributed by atoms with E-state index in [4.69, 9.17) is 9.05 Å². The smallest absolute Gasteiger partial charge is 0.387 e. The highest BCUT2D eigenvalue weighted by Gasteiger charge is 2.28. The number of carbonyl (C=O) groups excluding carboxylic acids is 1. The van der Waals surface area contributed by atoms with Gasteiger partial charge in [-0.1, -0.05) is 423 Å². The third-order valence-electron chi connectivity index (χ3n) is 19.3. The van der Waals surface area contributed by atoms with Crippen LogP contribution >= 0.6 is 7.82 Å². The molecule has 8 nitrogen and oxygen atoms in total. The minimum absolute atomic E-state index is 0.0556. The summed E-state index contributed by atoms with van der Waals surface area (Å²) in [6, 6.07) is -0.871. The van der Waals surface area contributed by atoms with E-state index in [2.05, 4.69) is 43.5 Å². The van der Waals surface area contributed by atoms with Crippen LogP contribution in [0.2, 0.25) is 0 Å². The summed E-state index contributed by atoms with van der Waals surface area (Å²) in [6.45, 7) is 4.86. The molecule has 0 fully saturated rings. The van der Waals surface area contributed by atoms with Crippen LogP contribution in [0.3, 0.4) is 0 Å². The number of nitrogens with one attached hydrogen (secondary N) is 1. The number of carbonyl (C=O) groups is 1. The monoisotopic (exact) mass is 1320 g/mol. The predicted molar refractivity (Wildman–Crippen MR) is 406 cm³/mol. The van der Waals surface area contributed by atoms with E-state index >= 15 is 0 Å². The summed E-state index contributed by atoms with van der Waals surface area (Å²) in [5, 5.41) is 14.0. The van der Waals surface area contributed by atoms with E-state index in [-0.39, 0.29) is 19.1 Å². The topological polar surface area (TPSA) is 105 Å². The van der Waals surface area contributed by atoms with E-state index in [9.17, 15) is 19.4 Å². The van der Waals surface area contributed by atoms with Gasteiger partial charge in [-0.2, -0.15) is 0 Å². The molecule has 0 saturated heterocycles. The number of aliphatic hydroxyl groups is 1. The highest BCUT2D eigenvalue weighted by Crippen LogP contribution is 2.43. The van der Waals surface area contributed by atoms with Gasteiger partial charge in [0.15, 0.2) is 0 Å². The number of nitrogens with zero attached hydrogens (tertiary/aromatic N) is 1. The number of rotatable bonds is 78. The fourth-order valence-electron chi connectivity index (χ4n) is 13.0. The van der Waals surface area contributed by atoms with Crippen molar-refractivity contribution in [3.63, 3.8) is 0 Å². The van der Waals surface area contributed by atoms with Crippen LogP contribution in [-0.4, -0.2) is 73.4 Å². The number of hydrogen-bond donors (Lipinski definition) is 3. The SMILES string of the molecule is CCCCCCCCCCCCCCCCCCCCCC/C=C/CC/C=C/CC/C=C/C(O)C(COP(=O)(O)OCC[N+](C)(C)C)NC(=O)CCCCCCCCCCCCCCCCCCCCCCCCCCCCCCCCCCCCCCCCCC. The Kier molecular flexibility index (Phi) is 72.9. The molecule has 546 valence electrons. The molecule has 9 heteroatoms. The van der Waals surface area contributed by atoms with E-state index in [1.165, 1.54) is 372 Å². The molecule has 0 bridgehead atoms. The second-order valence-corrected chi connectivity index (χ2v) is 31.3. The lowest BCUT2D eigenvalue weighted by Gasteiger charge is -2.25. The van der Waals surface area contributed by atoms with Crippen LogP contribution in [0.4, 0.5) is 0 Å². The Morgan fingerprint density at radius 1 is 0.359 bits per heavy atom. The van der Waals surface area contributed by atoms with Gasteiger partial charge in [-0.25, -0.2) is 4.57 Å². The Morgan fingerprint density at radius 3 is 0.870 bits per heavy atom. The summed E-state index contributed by atoms with van der Waals surface area (Å²) >= 11 is 0. The van der Waals surface area contributed by atoms with Gasteiger partial charge in [-0.3, -0.25) is 13.8 Å². The summed E-state index contributed by atoms with van der Waals surface area (Å²) in [5.41, 5.74) is 0. The van der Waals surface area contributed by atoms with Crippen LogP contribution in [0.25, 0.3) is 0 Å². The van der Waals surface area contributed by atoms with Crippen molar-refractivity contribution in [2.75, 3.05) is 40.9 Å². The molecular weight excluding hydrogens is 1150 g/mol. The summed E-state index contributed by atoms with van der Waals surface area (Å²) in [5.74, 6) is -0.181. The van der Waals surface area contributed by atoms with E-state index in [1.54, 1.807) is 6.08 Å². The van der Waals surface area contributed by atoms with Crippen molar-refractivity contribution >= 4 is 13.7 Å².